The lowest BCUT2D eigenvalue weighted by molar-refractivity contribution is 0.168. The van der Waals surface area contributed by atoms with Crippen LogP contribution in [0.2, 0.25) is 0 Å². The van der Waals surface area contributed by atoms with Crippen LogP contribution in [0.15, 0.2) is 24.3 Å². The van der Waals surface area contributed by atoms with Crippen molar-refractivity contribution in [2.24, 2.45) is 5.73 Å². The Bertz CT molecular complexity index is 389. The van der Waals surface area contributed by atoms with Crippen molar-refractivity contribution in [2.45, 2.75) is 19.8 Å². The number of aliphatic hydroxyl groups is 1. The van der Waals surface area contributed by atoms with E-state index in [2.05, 4.69) is 11.8 Å². The van der Waals surface area contributed by atoms with Gasteiger partial charge in [0.25, 0.3) is 0 Å². The molecule has 0 aliphatic heterocycles. The molecule has 112 valence electrons. The lowest BCUT2D eigenvalue weighted by Gasteiger charge is -2.20. The average Bonchev–Trinajstić information content (AvgIpc) is 2.40. The summed E-state index contributed by atoms with van der Waals surface area (Å²) in [5, 5.41) is 8.98. The zero-order valence-corrected chi connectivity index (χ0v) is 12.9. The first-order valence-electron chi connectivity index (χ1n) is 6.99. The molecule has 20 heavy (non-hydrogen) atoms. The molecule has 0 heterocycles. The molecule has 0 saturated carbocycles. The van der Waals surface area contributed by atoms with Gasteiger partial charge in [-0.25, -0.2) is 0 Å². The second kappa shape index (κ2) is 9.69. The Balaban J connectivity index is 2.35. The number of hydrogen-bond acceptors (Lipinski definition) is 4. The highest BCUT2D eigenvalue weighted by Crippen LogP contribution is 2.12. The van der Waals surface area contributed by atoms with Gasteiger partial charge >= 0.3 is 0 Å². The molecule has 0 aliphatic carbocycles. The van der Waals surface area contributed by atoms with E-state index in [1.54, 1.807) is 0 Å². The van der Waals surface area contributed by atoms with Gasteiger partial charge in [-0.3, -0.25) is 4.90 Å². The molecule has 0 unspecified atom stereocenters. The van der Waals surface area contributed by atoms with Crippen LogP contribution in [0.5, 0.6) is 5.75 Å². The predicted molar refractivity (Wildman–Crippen MR) is 86.2 cm³/mol. The van der Waals surface area contributed by atoms with E-state index in [0.717, 1.165) is 30.8 Å². The minimum atomic E-state index is 0.188. The molecule has 0 radical (unpaired) electrons. The summed E-state index contributed by atoms with van der Waals surface area (Å²) in [5.41, 5.74) is 6.60. The number of nitrogens with zero attached hydrogens (tertiary/aromatic N) is 1. The van der Waals surface area contributed by atoms with Crippen LogP contribution < -0.4 is 10.5 Å². The molecule has 0 fully saturated rings. The van der Waals surface area contributed by atoms with Gasteiger partial charge in [0.05, 0.1) is 11.6 Å². The Hall–Kier alpha value is -1.17. The third-order valence-electron chi connectivity index (χ3n) is 2.93. The van der Waals surface area contributed by atoms with Crippen molar-refractivity contribution < 1.29 is 9.84 Å². The Kier molecular flexibility index (Phi) is 8.18. The van der Waals surface area contributed by atoms with Crippen LogP contribution in [0.3, 0.4) is 0 Å². The highest BCUT2D eigenvalue weighted by Gasteiger charge is 2.03. The van der Waals surface area contributed by atoms with Crippen molar-refractivity contribution in [3.05, 3.63) is 29.8 Å². The van der Waals surface area contributed by atoms with Crippen molar-refractivity contribution in [2.75, 3.05) is 32.8 Å². The standard InChI is InChI=1S/C15H24N2O2S/c1-2-7-17(8-10-18)9-11-19-14-5-3-13(4-6-14)12-15(16)20/h3-6,18H,2,7-12H2,1H3,(H2,16,20). The van der Waals surface area contributed by atoms with Crippen molar-refractivity contribution in [3.8, 4) is 5.75 Å². The molecule has 1 aromatic rings. The SMILES string of the molecule is CCCN(CCO)CCOc1ccc(CC(N)=S)cc1. The smallest absolute Gasteiger partial charge is 0.119 e. The van der Waals surface area contributed by atoms with Gasteiger partial charge in [-0.05, 0) is 30.7 Å². The summed E-state index contributed by atoms with van der Waals surface area (Å²) in [6.45, 7) is 5.44. The quantitative estimate of drug-likeness (QED) is 0.642. The Morgan fingerprint density at radius 1 is 1.25 bits per heavy atom. The van der Waals surface area contributed by atoms with E-state index in [1.807, 2.05) is 24.3 Å². The fraction of sp³-hybridized carbons (Fsp3) is 0.533. The molecule has 0 aliphatic rings. The third kappa shape index (κ3) is 6.84. The maximum absolute atomic E-state index is 8.98. The fourth-order valence-electron chi connectivity index (χ4n) is 1.99. The summed E-state index contributed by atoms with van der Waals surface area (Å²) in [6.07, 6.45) is 1.70. The van der Waals surface area contributed by atoms with Gasteiger partial charge in [0.1, 0.15) is 12.4 Å². The van der Waals surface area contributed by atoms with Crippen LogP contribution in [-0.2, 0) is 6.42 Å². The number of hydrogen-bond donors (Lipinski definition) is 2. The van der Waals surface area contributed by atoms with Crippen LogP contribution in [0.1, 0.15) is 18.9 Å². The Labute approximate surface area is 126 Å². The van der Waals surface area contributed by atoms with Crippen molar-refractivity contribution in [1.29, 1.82) is 0 Å². The maximum Gasteiger partial charge on any atom is 0.119 e. The van der Waals surface area contributed by atoms with Gasteiger partial charge in [0.15, 0.2) is 0 Å². The molecule has 0 spiro atoms. The molecule has 0 aromatic heterocycles. The Morgan fingerprint density at radius 2 is 1.95 bits per heavy atom. The molecule has 3 N–H and O–H groups in total. The molecule has 5 heteroatoms. The third-order valence-corrected chi connectivity index (χ3v) is 3.08. The zero-order valence-electron chi connectivity index (χ0n) is 12.0. The Morgan fingerprint density at radius 3 is 2.50 bits per heavy atom. The van der Waals surface area contributed by atoms with Crippen molar-refractivity contribution in [1.82, 2.24) is 4.90 Å². The summed E-state index contributed by atoms with van der Waals surface area (Å²) in [7, 11) is 0. The van der Waals surface area contributed by atoms with E-state index in [0.29, 0.717) is 24.6 Å². The van der Waals surface area contributed by atoms with Gasteiger partial charge in [-0.1, -0.05) is 31.3 Å². The predicted octanol–water partition coefficient (Wildman–Crippen LogP) is 1.60. The molecular formula is C15H24N2O2S. The van der Waals surface area contributed by atoms with E-state index >= 15 is 0 Å². The maximum atomic E-state index is 8.98. The largest absolute Gasteiger partial charge is 0.492 e. The normalized spacial score (nSPS) is 10.8. The number of aliphatic hydroxyl groups excluding tert-OH is 1. The van der Waals surface area contributed by atoms with Crippen LogP contribution in [-0.4, -0.2) is 47.8 Å². The van der Waals surface area contributed by atoms with E-state index in [9.17, 15) is 0 Å². The summed E-state index contributed by atoms with van der Waals surface area (Å²) >= 11 is 4.88. The fourth-order valence-corrected chi connectivity index (χ4v) is 2.16. The summed E-state index contributed by atoms with van der Waals surface area (Å²) in [6, 6.07) is 7.83. The lowest BCUT2D eigenvalue weighted by atomic mass is 10.1. The highest BCUT2D eigenvalue weighted by atomic mass is 32.1. The second-order valence-corrected chi connectivity index (χ2v) is 5.23. The number of nitrogens with two attached hydrogens (primary N) is 1. The second-order valence-electron chi connectivity index (χ2n) is 4.70. The zero-order chi connectivity index (χ0) is 14.8. The van der Waals surface area contributed by atoms with Gasteiger partial charge in [0, 0.05) is 19.5 Å². The van der Waals surface area contributed by atoms with Crippen LogP contribution in [0.4, 0.5) is 0 Å². The topological polar surface area (TPSA) is 58.7 Å². The van der Waals surface area contributed by atoms with E-state index in [1.165, 1.54) is 0 Å². The van der Waals surface area contributed by atoms with Crippen LogP contribution in [0.25, 0.3) is 0 Å². The molecule has 0 amide bonds. The minimum absolute atomic E-state index is 0.188. The van der Waals surface area contributed by atoms with Gasteiger partial charge in [-0.2, -0.15) is 0 Å². The monoisotopic (exact) mass is 296 g/mol. The average molecular weight is 296 g/mol. The van der Waals surface area contributed by atoms with E-state index in [-0.39, 0.29) is 6.61 Å². The summed E-state index contributed by atoms with van der Waals surface area (Å²) < 4.78 is 5.70. The molecule has 1 aromatic carbocycles. The van der Waals surface area contributed by atoms with Crippen LogP contribution >= 0.6 is 12.2 Å². The van der Waals surface area contributed by atoms with Gasteiger partial charge in [-0.15, -0.1) is 0 Å². The summed E-state index contributed by atoms with van der Waals surface area (Å²) in [4.78, 5) is 2.69. The molecule has 1 rings (SSSR count). The first-order chi connectivity index (χ1) is 9.65. The molecule has 0 atom stereocenters. The number of thiocarbonyl (C=S) groups is 1. The lowest BCUT2D eigenvalue weighted by Crippen LogP contribution is -2.31. The number of ether oxygens (including phenoxy) is 1. The van der Waals surface area contributed by atoms with Gasteiger partial charge in [0.2, 0.25) is 0 Å². The van der Waals surface area contributed by atoms with E-state index < -0.39 is 0 Å². The molecular weight excluding hydrogens is 272 g/mol. The van der Waals surface area contributed by atoms with Crippen LogP contribution in [0, 0.1) is 0 Å². The van der Waals surface area contributed by atoms with Crippen molar-refractivity contribution >= 4 is 17.2 Å². The van der Waals surface area contributed by atoms with Crippen molar-refractivity contribution in [3.63, 3.8) is 0 Å². The first kappa shape index (κ1) is 16.9. The van der Waals surface area contributed by atoms with Gasteiger partial charge < -0.3 is 15.6 Å². The minimum Gasteiger partial charge on any atom is -0.492 e. The molecule has 0 saturated heterocycles. The van der Waals surface area contributed by atoms with E-state index in [4.69, 9.17) is 27.8 Å². The number of benzene rings is 1. The molecule has 0 bridgehead atoms. The molecule has 4 nitrogen and oxygen atoms in total. The first-order valence-corrected chi connectivity index (χ1v) is 7.39. The number of rotatable bonds is 10. The highest BCUT2D eigenvalue weighted by molar-refractivity contribution is 7.80. The summed E-state index contributed by atoms with van der Waals surface area (Å²) in [5.74, 6) is 0.845.